The molecule has 0 spiro atoms. The van der Waals surface area contributed by atoms with Crippen molar-refractivity contribution in [3.8, 4) is 0 Å². The lowest BCUT2D eigenvalue weighted by atomic mass is 10.0. The molecule has 6 heteroatoms. The van der Waals surface area contributed by atoms with Crippen LogP contribution in [0.4, 0.5) is 0 Å². The molecule has 1 N–H and O–H groups in total. The van der Waals surface area contributed by atoms with E-state index in [0.717, 1.165) is 6.42 Å². The minimum absolute atomic E-state index is 0.0210. The number of piperazine rings is 1. The molecule has 16 heavy (non-hydrogen) atoms. The van der Waals surface area contributed by atoms with E-state index in [0.29, 0.717) is 0 Å². The highest BCUT2D eigenvalue weighted by Gasteiger charge is 2.46. The standard InChI is InChI=1S/C10H18N2O3S/c1-3-7(2)12-9-6-16(14,15)5-8(9)11-4-10(12)13/h7-9,11H,3-6H2,1-2H3. The monoisotopic (exact) mass is 246 g/mol. The van der Waals surface area contributed by atoms with Crippen molar-refractivity contribution in [3.63, 3.8) is 0 Å². The van der Waals surface area contributed by atoms with Crippen LogP contribution in [0.25, 0.3) is 0 Å². The summed E-state index contributed by atoms with van der Waals surface area (Å²) < 4.78 is 23.2. The first-order valence-electron chi connectivity index (χ1n) is 5.69. The Labute approximate surface area is 96.1 Å². The van der Waals surface area contributed by atoms with Gasteiger partial charge in [0.1, 0.15) is 0 Å². The largest absolute Gasteiger partial charge is 0.333 e. The summed E-state index contributed by atoms with van der Waals surface area (Å²) in [6.45, 7) is 4.25. The average molecular weight is 246 g/mol. The summed E-state index contributed by atoms with van der Waals surface area (Å²) in [6.07, 6.45) is 0.856. The van der Waals surface area contributed by atoms with Gasteiger partial charge in [0.25, 0.3) is 0 Å². The molecule has 2 saturated heterocycles. The van der Waals surface area contributed by atoms with Gasteiger partial charge in [-0.3, -0.25) is 4.79 Å². The van der Waals surface area contributed by atoms with Crippen molar-refractivity contribution in [2.24, 2.45) is 0 Å². The average Bonchev–Trinajstić information content (AvgIpc) is 2.51. The summed E-state index contributed by atoms with van der Waals surface area (Å²) in [5.41, 5.74) is 0. The Morgan fingerprint density at radius 2 is 2.19 bits per heavy atom. The van der Waals surface area contributed by atoms with Gasteiger partial charge in [0.2, 0.25) is 5.91 Å². The number of fused-ring (bicyclic) bond motifs is 1. The number of hydrogen-bond acceptors (Lipinski definition) is 4. The molecule has 2 aliphatic rings. The summed E-state index contributed by atoms with van der Waals surface area (Å²) in [6, 6.07) is -0.117. The lowest BCUT2D eigenvalue weighted by Crippen LogP contribution is -2.62. The van der Waals surface area contributed by atoms with Crippen molar-refractivity contribution >= 4 is 15.7 Å². The van der Waals surface area contributed by atoms with Gasteiger partial charge in [-0.25, -0.2) is 8.42 Å². The second-order valence-corrected chi connectivity index (χ2v) is 6.84. The SMILES string of the molecule is CCC(C)N1C(=O)CNC2CS(=O)(=O)CC21. The van der Waals surface area contributed by atoms with Crippen molar-refractivity contribution in [3.05, 3.63) is 0 Å². The maximum Gasteiger partial charge on any atom is 0.237 e. The maximum atomic E-state index is 11.8. The minimum atomic E-state index is -2.98. The molecule has 2 rings (SSSR count). The molecule has 0 aromatic carbocycles. The van der Waals surface area contributed by atoms with E-state index in [4.69, 9.17) is 0 Å². The molecule has 0 radical (unpaired) electrons. The van der Waals surface area contributed by atoms with Gasteiger partial charge in [0.15, 0.2) is 9.84 Å². The van der Waals surface area contributed by atoms with Crippen molar-refractivity contribution in [1.29, 1.82) is 0 Å². The topological polar surface area (TPSA) is 66.5 Å². The number of amides is 1. The normalized spacial score (nSPS) is 34.9. The first-order valence-corrected chi connectivity index (χ1v) is 7.51. The first kappa shape index (κ1) is 11.9. The van der Waals surface area contributed by atoms with Gasteiger partial charge in [-0.15, -0.1) is 0 Å². The molecule has 92 valence electrons. The van der Waals surface area contributed by atoms with Gasteiger partial charge in [0.05, 0.1) is 24.1 Å². The summed E-state index contributed by atoms with van der Waals surface area (Å²) in [5.74, 6) is 0.297. The Kier molecular flexibility index (Phi) is 2.96. The van der Waals surface area contributed by atoms with E-state index in [2.05, 4.69) is 5.32 Å². The fraction of sp³-hybridized carbons (Fsp3) is 0.900. The molecule has 0 aromatic rings. The number of carbonyl (C=O) groups is 1. The molecule has 2 heterocycles. The van der Waals surface area contributed by atoms with Crippen LogP contribution in [-0.4, -0.2) is 55.4 Å². The van der Waals surface area contributed by atoms with Crippen LogP contribution in [-0.2, 0) is 14.6 Å². The Bertz CT molecular complexity index is 393. The molecule has 0 saturated carbocycles. The molecule has 3 atom stereocenters. The van der Waals surface area contributed by atoms with Crippen LogP contribution in [0.5, 0.6) is 0 Å². The van der Waals surface area contributed by atoms with Gasteiger partial charge in [-0.2, -0.15) is 0 Å². The van der Waals surface area contributed by atoms with Crippen LogP contribution >= 0.6 is 0 Å². The van der Waals surface area contributed by atoms with Crippen LogP contribution in [0, 0.1) is 0 Å². The molecule has 2 aliphatic heterocycles. The quantitative estimate of drug-likeness (QED) is 0.705. The lowest BCUT2D eigenvalue weighted by Gasteiger charge is -2.40. The zero-order valence-electron chi connectivity index (χ0n) is 9.64. The van der Waals surface area contributed by atoms with E-state index < -0.39 is 9.84 Å². The molecular formula is C10H18N2O3S. The number of hydrogen-bond donors (Lipinski definition) is 1. The fourth-order valence-electron chi connectivity index (χ4n) is 2.56. The van der Waals surface area contributed by atoms with Crippen LogP contribution in [0.3, 0.4) is 0 Å². The number of nitrogens with one attached hydrogen (secondary N) is 1. The van der Waals surface area contributed by atoms with Gasteiger partial charge < -0.3 is 10.2 Å². The smallest absolute Gasteiger partial charge is 0.237 e. The third-order valence-electron chi connectivity index (χ3n) is 3.55. The van der Waals surface area contributed by atoms with E-state index in [9.17, 15) is 13.2 Å². The molecule has 3 unspecified atom stereocenters. The predicted molar refractivity (Wildman–Crippen MR) is 60.8 cm³/mol. The maximum absolute atomic E-state index is 11.8. The van der Waals surface area contributed by atoms with Crippen LogP contribution in [0.2, 0.25) is 0 Å². The van der Waals surface area contributed by atoms with Crippen molar-refractivity contribution in [2.75, 3.05) is 18.1 Å². The van der Waals surface area contributed by atoms with Crippen LogP contribution in [0.15, 0.2) is 0 Å². The molecule has 5 nitrogen and oxygen atoms in total. The highest BCUT2D eigenvalue weighted by Crippen LogP contribution is 2.24. The number of nitrogens with zero attached hydrogens (tertiary/aromatic N) is 1. The number of carbonyl (C=O) groups excluding carboxylic acids is 1. The highest BCUT2D eigenvalue weighted by atomic mass is 32.2. The van der Waals surface area contributed by atoms with Gasteiger partial charge in [-0.1, -0.05) is 6.92 Å². The summed E-state index contributed by atoms with van der Waals surface area (Å²) >= 11 is 0. The number of rotatable bonds is 2. The van der Waals surface area contributed by atoms with E-state index >= 15 is 0 Å². The first-order chi connectivity index (χ1) is 7.44. The van der Waals surface area contributed by atoms with E-state index in [1.807, 2.05) is 13.8 Å². The molecule has 0 aromatic heterocycles. The van der Waals surface area contributed by atoms with Crippen molar-refractivity contribution in [2.45, 2.75) is 38.4 Å². The Hall–Kier alpha value is -0.620. The van der Waals surface area contributed by atoms with Crippen molar-refractivity contribution in [1.82, 2.24) is 10.2 Å². The Balaban J connectivity index is 2.25. The minimum Gasteiger partial charge on any atom is -0.333 e. The number of sulfone groups is 1. The van der Waals surface area contributed by atoms with Crippen LogP contribution in [0.1, 0.15) is 20.3 Å². The summed E-state index contributed by atoms with van der Waals surface area (Å²) in [5, 5.41) is 3.02. The third kappa shape index (κ3) is 1.96. The Morgan fingerprint density at radius 1 is 1.50 bits per heavy atom. The van der Waals surface area contributed by atoms with E-state index in [1.54, 1.807) is 4.90 Å². The van der Waals surface area contributed by atoms with Gasteiger partial charge in [-0.05, 0) is 13.3 Å². The molecule has 1 amide bonds. The Morgan fingerprint density at radius 3 is 2.81 bits per heavy atom. The van der Waals surface area contributed by atoms with Gasteiger partial charge in [0, 0.05) is 12.1 Å². The van der Waals surface area contributed by atoms with Crippen LogP contribution < -0.4 is 5.32 Å². The zero-order valence-corrected chi connectivity index (χ0v) is 10.5. The highest BCUT2D eigenvalue weighted by molar-refractivity contribution is 7.91. The second-order valence-electron chi connectivity index (χ2n) is 4.69. The molecule has 0 aliphatic carbocycles. The van der Waals surface area contributed by atoms with Gasteiger partial charge >= 0.3 is 0 Å². The molecule has 2 fully saturated rings. The van der Waals surface area contributed by atoms with Crippen molar-refractivity contribution < 1.29 is 13.2 Å². The fourth-order valence-corrected chi connectivity index (χ4v) is 4.50. The lowest BCUT2D eigenvalue weighted by molar-refractivity contribution is -0.138. The zero-order chi connectivity index (χ0) is 11.9. The second kappa shape index (κ2) is 4.00. The van der Waals surface area contributed by atoms with E-state index in [1.165, 1.54) is 0 Å². The third-order valence-corrected chi connectivity index (χ3v) is 5.27. The summed E-state index contributed by atoms with van der Waals surface area (Å²) in [4.78, 5) is 13.6. The van der Waals surface area contributed by atoms with E-state index in [-0.39, 0.29) is 42.1 Å². The summed E-state index contributed by atoms with van der Waals surface area (Å²) in [7, 11) is -2.98. The predicted octanol–water partition coefficient (Wildman–Crippen LogP) is -0.618. The molecule has 0 bridgehead atoms. The molecular weight excluding hydrogens is 228 g/mol.